The third-order valence-electron chi connectivity index (χ3n) is 1.81. The molecule has 0 aliphatic rings. The molecule has 0 atom stereocenters. The predicted octanol–water partition coefficient (Wildman–Crippen LogP) is 0.596. The lowest BCUT2D eigenvalue weighted by Crippen LogP contribution is -1.95. The Labute approximate surface area is 85.6 Å². The third-order valence-corrected chi connectivity index (χ3v) is 1.81. The molecule has 1 aromatic rings. The highest BCUT2D eigenvalue weighted by Crippen LogP contribution is 2.14. The molecule has 82 valence electrons. The van der Waals surface area contributed by atoms with Gasteiger partial charge in [-0.25, -0.2) is 4.98 Å². The fourth-order valence-electron chi connectivity index (χ4n) is 1.18. The van der Waals surface area contributed by atoms with Crippen molar-refractivity contribution in [3.63, 3.8) is 0 Å². The van der Waals surface area contributed by atoms with E-state index >= 15 is 0 Å². The molecule has 0 amide bonds. The lowest BCUT2D eigenvalue weighted by molar-refractivity contribution is -0.393. The molecule has 0 fully saturated rings. The minimum atomic E-state index is -0.608. The Morgan fingerprint density at radius 2 is 2.40 bits per heavy atom. The molecule has 0 bridgehead atoms. The molecular formula is C8H11N3O4. The van der Waals surface area contributed by atoms with Crippen molar-refractivity contribution in [1.29, 1.82) is 0 Å². The van der Waals surface area contributed by atoms with E-state index in [4.69, 9.17) is 4.74 Å². The van der Waals surface area contributed by atoms with Crippen molar-refractivity contribution in [2.24, 2.45) is 0 Å². The van der Waals surface area contributed by atoms with Crippen LogP contribution in [0.15, 0.2) is 0 Å². The van der Waals surface area contributed by atoms with Crippen LogP contribution in [0.25, 0.3) is 0 Å². The number of carbonyl (C=O) groups is 1. The molecule has 1 rings (SSSR count). The van der Waals surface area contributed by atoms with E-state index < -0.39 is 4.92 Å². The van der Waals surface area contributed by atoms with Crippen molar-refractivity contribution < 1.29 is 14.5 Å². The summed E-state index contributed by atoms with van der Waals surface area (Å²) in [5.74, 6) is -0.317. The number of nitrogens with one attached hydrogen (secondary N) is 1. The number of hydrogen-bond acceptors (Lipinski definition) is 5. The molecule has 0 saturated heterocycles. The number of aromatic amines is 1. The van der Waals surface area contributed by atoms with Gasteiger partial charge in [-0.05, 0) is 4.92 Å². The van der Waals surface area contributed by atoms with Gasteiger partial charge in [0.15, 0.2) is 5.69 Å². The van der Waals surface area contributed by atoms with Crippen LogP contribution in [0.1, 0.15) is 17.8 Å². The van der Waals surface area contributed by atoms with E-state index in [2.05, 4.69) is 9.97 Å². The number of nitrogens with zero attached hydrogens (tertiary/aromatic N) is 2. The van der Waals surface area contributed by atoms with Gasteiger partial charge in [-0.2, -0.15) is 0 Å². The van der Waals surface area contributed by atoms with Gasteiger partial charge in [0, 0.05) is 20.0 Å². The molecule has 0 saturated carbocycles. The highest BCUT2D eigenvalue weighted by molar-refractivity contribution is 5.50. The van der Waals surface area contributed by atoms with Crippen molar-refractivity contribution in [2.75, 3.05) is 7.11 Å². The van der Waals surface area contributed by atoms with Gasteiger partial charge in [0.05, 0.1) is 0 Å². The molecule has 0 unspecified atom stereocenters. The van der Waals surface area contributed by atoms with Crippen LogP contribution in [-0.4, -0.2) is 28.3 Å². The normalized spacial score (nSPS) is 10.2. The first-order valence-electron chi connectivity index (χ1n) is 4.33. The van der Waals surface area contributed by atoms with Crippen molar-refractivity contribution in [2.45, 2.75) is 19.4 Å². The summed E-state index contributed by atoms with van der Waals surface area (Å²) in [6.07, 6.45) is 1.42. The lowest BCUT2D eigenvalue weighted by atomic mass is 10.2. The predicted molar refractivity (Wildman–Crippen MR) is 50.3 cm³/mol. The van der Waals surface area contributed by atoms with Crippen molar-refractivity contribution in [1.82, 2.24) is 9.97 Å². The Balaban J connectivity index is 2.89. The summed E-state index contributed by atoms with van der Waals surface area (Å²) in [4.78, 5) is 26.3. The summed E-state index contributed by atoms with van der Waals surface area (Å²) < 4.78 is 4.86. The number of carbonyl (C=O) groups excluding carboxylic acids is 1. The standard InChI is InChI=1S/C8H11N3O4/c1-15-5-7-6(3-2-4-12)9-8(10-7)11(13)14/h4H,2-3,5H2,1H3,(H,9,10). The molecule has 1 N–H and O–H groups in total. The molecule has 0 aromatic carbocycles. The molecule has 0 aliphatic heterocycles. The Hall–Kier alpha value is -1.76. The summed E-state index contributed by atoms with van der Waals surface area (Å²) in [5, 5.41) is 10.4. The first kappa shape index (κ1) is 11.3. The van der Waals surface area contributed by atoms with Crippen LogP contribution < -0.4 is 0 Å². The molecule has 0 aliphatic carbocycles. The second kappa shape index (κ2) is 5.20. The molecule has 7 heteroatoms. The minimum absolute atomic E-state index is 0.217. The Bertz CT molecular complexity index is 361. The van der Waals surface area contributed by atoms with Gasteiger partial charge in [0.25, 0.3) is 0 Å². The minimum Gasteiger partial charge on any atom is -0.390 e. The average Bonchev–Trinajstić information content (AvgIpc) is 2.59. The topological polar surface area (TPSA) is 98.1 Å². The Morgan fingerprint density at radius 1 is 1.67 bits per heavy atom. The largest absolute Gasteiger partial charge is 0.432 e. The zero-order chi connectivity index (χ0) is 11.3. The second-order valence-corrected chi connectivity index (χ2v) is 2.88. The van der Waals surface area contributed by atoms with Gasteiger partial charge in [0.2, 0.25) is 0 Å². The van der Waals surface area contributed by atoms with Crippen LogP contribution in [0.4, 0.5) is 5.95 Å². The summed E-state index contributed by atoms with van der Waals surface area (Å²) in [5.41, 5.74) is 1.06. The van der Waals surface area contributed by atoms with Gasteiger partial charge in [-0.15, -0.1) is 0 Å². The first-order valence-corrected chi connectivity index (χ1v) is 4.33. The third kappa shape index (κ3) is 2.84. The lowest BCUT2D eigenvalue weighted by Gasteiger charge is -1.93. The van der Waals surface area contributed by atoms with Crippen molar-refractivity contribution >= 4 is 12.2 Å². The van der Waals surface area contributed by atoms with Crippen LogP contribution in [0.3, 0.4) is 0 Å². The molecule has 0 radical (unpaired) electrons. The van der Waals surface area contributed by atoms with E-state index in [0.29, 0.717) is 24.2 Å². The number of methoxy groups -OCH3 is 1. The summed E-state index contributed by atoms with van der Waals surface area (Å²) in [6.45, 7) is 0.217. The number of aromatic nitrogens is 2. The number of nitro groups is 1. The van der Waals surface area contributed by atoms with Gasteiger partial charge >= 0.3 is 5.95 Å². The van der Waals surface area contributed by atoms with Crippen LogP contribution in [0.2, 0.25) is 0 Å². The molecule has 15 heavy (non-hydrogen) atoms. The molecule has 1 aromatic heterocycles. The average molecular weight is 213 g/mol. The van der Waals surface area contributed by atoms with E-state index in [0.717, 1.165) is 6.29 Å². The molecule has 7 nitrogen and oxygen atoms in total. The molecule has 1 heterocycles. The quantitative estimate of drug-likeness (QED) is 0.423. The van der Waals surface area contributed by atoms with Crippen molar-refractivity contribution in [3.8, 4) is 0 Å². The van der Waals surface area contributed by atoms with Gasteiger partial charge in [-0.1, -0.05) is 4.98 Å². The van der Waals surface area contributed by atoms with Crippen molar-refractivity contribution in [3.05, 3.63) is 21.5 Å². The number of hydrogen-bond donors (Lipinski definition) is 1. The smallest absolute Gasteiger partial charge is 0.390 e. The number of aldehydes is 1. The maximum absolute atomic E-state index is 10.4. The number of aryl methyl sites for hydroxylation is 1. The van der Waals surface area contributed by atoms with E-state index in [9.17, 15) is 14.9 Å². The number of H-pyrrole nitrogens is 1. The van der Waals surface area contributed by atoms with Crippen LogP contribution in [-0.2, 0) is 22.6 Å². The zero-order valence-corrected chi connectivity index (χ0v) is 8.23. The molecule has 0 spiro atoms. The van der Waals surface area contributed by atoms with Crippen LogP contribution in [0, 0.1) is 10.1 Å². The Kier molecular flexibility index (Phi) is 3.92. The number of ether oxygens (including phenoxy) is 1. The zero-order valence-electron chi connectivity index (χ0n) is 8.23. The first-order chi connectivity index (χ1) is 7.19. The Morgan fingerprint density at radius 3 is 2.93 bits per heavy atom. The maximum atomic E-state index is 10.4. The highest BCUT2D eigenvalue weighted by Gasteiger charge is 2.19. The van der Waals surface area contributed by atoms with E-state index in [-0.39, 0.29) is 12.6 Å². The van der Waals surface area contributed by atoms with Gasteiger partial charge in [0.1, 0.15) is 18.6 Å². The van der Waals surface area contributed by atoms with E-state index in [1.165, 1.54) is 7.11 Å². The molecular weight excluding hydrogens is 202 g/mol. The summed E-state index contributed by atoms with van der Waals surface area (Å²) in [6, 6.07) is 0. The van der Waals surface area contributed by atoms with Crippen LogP contribution in [0.5, 0.6) is 0 Å². The maximum Gasteiger partial charge on any atom is 0.432 e. The van der Waals surface area contributed by atoms with Gasteiger partial charge in [-0.3, -0.25) is 0 Å². The summed E-state index contributed by atoms with van der Waals surface area (Å²) in [7, 11) is 1.48. The fourth-order valence-corrected chi connectivity index (χ4v) is 1.18. The van der Waals surface area contributed by atoms with E-state index in [1.807, 2.05) is 0 Å². The number of rotatable bonds is 6. The monoisotopic (exact) mass is 213 g/mol. The fraction of sp³-hybridized carbons (Fsp3) is 0.500. The van der Waals surface area contributed by atoms with Crippen LogP contribution >= 0.6 is 0 Å². The SMILES string of the molecule is COCc1[nH]c([N+](=O)[O-])nc1CCC=O. The second-order valence-electron chi connectivity index (χ2n) is 2.88. The van der Waals surface area contributed by atoms with Gasteiger partial charge < -0.3 is 19.6 Å². The summed E-state index contributed by atoms with van der Waals surface area (Å²) >= 11 is 0. The highest BCUT2D eigenvalue weighted by atomic mass is 16.6. The van der Waals surface area contributed by atoms with E-state index in [1.54, 1.807) is 0 Å². The number of imidazole rings is 1.